The number of piperidine rings is 1. The van der Waals surface area contributed by atoms with Gasteiger partial charge in [0.15, 0.2) is 17.3 Å². The number of anilines is 1. The fourth-order valence-corrected chi connectivity index (χ4v) is 4.56. The summed E-state index contributed by atoms with van der Waals surface area (Å²) in [5.41, 5.74) is 5.37. The van der Waals surface area contributed by atoms with Gasteiger partial charge in [-0.25, -0.2) is 24.3 Å². The number of methoxy groups -OCH3 is 1. The number of nitrogens with one attached hydrogen (secondary N) is 1. The van der Waals surface area contributed by atoms with Gasteiger partial charge in [0.1, 0.15) is 17.0 Å². The summed E-state index contributed by atoms with van der Waals surface area (Å²) in [7, 11) is 1.33. The topological polar surface area (TPSA) is 132 Å². The zero-order valence-electron chi connectivity index (χ0n) is 21.5. The SMILES string of the molecule is COc1ccc(-c2nc(C(=O)N3CCC(Nc4ncc(F)cn4)CC3)c([C@H](C)N)o2)c2ccc(C(F)(F)F)nc12. The number of nitrogens with two attached hydrogens (primary N) is 1. The molecule has 40 heavy (non-hydrogen) atoms. The van der Waals surface area contributed by atoms with Crippen LogP contribution in [0.4, 0.5) is 23.5 Å². The number of benzene rings is 1. The number of hydrogen-bond acceptors (Lipinski definition) is 9. The molecule has 14 heteroatoms. The first-order valence-corrected chi connectivity index (χ1v) is 12.4. The summed E-state index contributed by atoms with van der Waals surface area (Å²) in [5.74, 6) is -0.293. The van der Waals surface area contributed by atoms with E-state index in [1.54, 1.807) is 17.9 Å². The van der Waals surface area contributed by atoms with Gasteiger partial charge in [0.05, 0.1) is 25.5 Å². The fourth-order valence-electron chi connectivity index (χ4n) is 4.56. The molecule has 210 valence electrons. The molecule has 5 rings (SSSR count). The Kier molecular flexibility index (Phi) is 7.27. The van der Waals surface area contributed by atoms with Crippen LogP contribution in [0.25, 0.3) is 22.4 Å². The molecule has 3 aromatic heterocycles. The second kappa shape index (κ2) is 10.7. The zero-order chi connectivity index (χ0) is 28.6. The molecule has 4 aromatic rings. The number of likely N-dealkylation sites (tertiary alicyclic amines) is 1. The highest BCUT2D eigenvalue weighted by molar-refractivity contribution is 5.98. The van der Waals surface area contributed by atoms with Gasteiger partial charge in [-0.1, -0.05) is 0 Å². The van der Waals surface area contributed by atoms with Crippen molar-refractivity contribution < 1.29 is 31.5 Å². The summed E-state index contributed by atoms with van der Waals surface area (Å²) in [6.07, 6.45) is -1.33. The van der Waals surface area contributed by atoms with Gasteiger partial charge in [-0.15, -0.1) is 0 Å². The van der Waals surface area contributed by atoms with Crippen LogP contribution >= 0.6 is 0 Å². The Balaban J connectivity index is 1.41. The van der Waals surface area contributed by atoms with Crippen LogP contribution in [0.3, 0.4) is 0 Å². The van der Waals surface area contributed by atoms with E-state index in [-0.39, 0.29) is 40.6 Å². The number of halogens is 4. The van der Waals surface area contributed by atoms with Gasteiger partial charge in [-0.2, -0.15) is 13.2 Å². The van der Waals surface area contributed by atoms with Gasteiger partial charge in [0.25, 0.3) is 5.91 Å². The molecule has 3 N–H and O–H groups in total. The third-order valence-electron chi connectivity index (χ3n) is 6.57. The number of ether oxygens (including phenoxy) is 1. The average Bonchev–Trinajstić information content (AvgIpc) is 3.38. The summed E-state index contributed by atoms with van der Waals surface area (Å²) < 4.78 is 64.2. The first-order valence-electron chi connectivity index (χ1n) is 12.4. The van der Waals surface area contributed by atoms with Crippen LogP contribution in [0.15, 0.2) is 41.1 Å². The first kappa shape index (κ1) is 27.2. The monoisotopic (exact) mass is 559 g/mol. The lowest BCUT2D eigenvalue weighted by Gasteiger charge is -2.32. The van der Waals surface area contributed by atoms with Crippen molar-refractivity contribution in [3.63, 3.8) is 0 Å². The Labute approximate surface area is 225 Å². The number of amides is 1. The Hall–Kier alpha value is -4.33. The van der Waals surface area contributed by atoms with Gasteiger partial charge in [0.2, 0.25) is 11.8 Å². The smallest absolute Gasteiger partial charge is 0.433 e. The van der Waals surface area contributed by atoms with E-state index >= 15 is 0 Å². The van der Waals surface area contributed by atoms with Crippen molar-refractivity contribution in [2.75, 3.05) is 25.5 Å². The second-order valence-corrected chi connectivity index (χ2v) is 9.36. The van der Waals surface area contributed by atoms with Crippen molar-refractivity contribution in [1.29, 1.82) is 0 Å². The van der Waals surface area contributed by atoms with Crippen LogP contribution in [0, 0.1) is 5.82 Å². The minimum absolute atomic E-state index is 0.0185. The molecule has 1 aromatic carbocycles. The largest absolute Gasteiger partial charge is 0.494 e. The first-order chi connectivity index (χ1) is 19.0. The number of hydrogen-bond donors (Lipinski definition) is 2. The highest BCUT2D eigenvalue weighted by Crippen LogP contribution is 2.37. The maximum atomic E-state index is 13.5. The van der Waals surface area contributed by atoms with E-state index in [4.69, 9.17) is 14.9 Å². The molecule has 0 bridgehead atoms. The lowest BCUT2D eigenvalue weighted by Crippen LogP contribution is -2.43. The van der Waals surface area contributed by atoms with Gasteiger partial charge >= 0.3 is 6.18 Å². The van der Waals surface area contributed by atoms with E-state index in [1.807, 2.05) is 0 Å². The van der Waals surface area contributed by atoms with Gasteiger partial charge in [0, 0.05) is 30.1 Å². The lowest BCUT2D eigenvalue weighted by molar-refractivity contribution is -0.140. The molecule has 0 unspecified atom stereocenters. The van der Waals surface area contributed by atoms with E-state index in [2.05, 4.69) is 25.3 Å². The van der Waals surface area contributed by atoms with Crippen molar-refractivity contribution in [3.8, 4) is 17.2 Å². The lowest BCUT2D eigenvalue weighted by atomic mass is 10.0. The molecule has 1 atom stereocenters. The highest BCUT2D eigenvalue weighted by Gasteiger charge is 2.34. The van der Waals surface area contributed by atoms with Crippen LogP contribution in [-0.2, 0) is 6.18 Å². The van der Waals surface area contributed by atoms with Crippen LogP contribution in [-0.4, -0.2) is 57.0 Å². The third kappa shape index (κ3) is 5.39. The molecule has 0 spiro atoms. The molecule has 0 saturated carbocycles. The number of pyridine rings is 1. The Bertz CT molecular complexity index is 1530. The minimum atomic E-state index is -4.64. The number of nitrogens with zero attached hydrogens (tertiary/aromatic N) is 5. The summed E-state index contributed by atoms with van der Waals surface area (Å²) >= 11 is 0. The number of carbonyl (C=O) groups is 1. The van der Waals surface area contributed by atoms with E-state index in [1.165, 1.54) is 19.2 Å². The third-order valence-corrected chi connectivity index (χ3v) is 6.57. The molecular formula is C26H25F4N7O3. The number of aromatic nitrogens is 4. The maximum Gasteiger partial charge on any atom is 0.433 e. The quantitative estimate of drug-likeness (QED) is 0.326. The molecular weight excluding hydrogens is 534 g/mol. The molecule has 0 aliphatic carbocycles. The van der Waals surface area contributed by atoms with Crippen LogP contribution < -0.4 is 15.8 Å². The Morgan fingerprint density at radius 2 is 1.85 bits per heavy atom. The summed E-state index contributed by atoms with van der Waals surface area (Å²) in [5, 5.41) is 3.44. The van der Waals surface area contributed by atoms with Crippen molar-refractivity contribution in [3.05, 3.63) is 59.6 Å². The average molecular weight is 560 g/mol. The summed E-state index contributed by atoms with van der Waals surface area (Å²) in [6, 6.07) is 4.47. The summed E-state index contributed by atoms with van der Waals surface area (Å²) in [6.45, 7) is 2.44. The Morgan fingerprint density at radius 1 is 1.15 bits per heavy atom. The van der Waals surface area contributed by atoms with Crippen LogP contribution in [0.5, 0.6) is 5.75 Å². The number of rotatable bonds is 6. The Morgan fingerprint density at radius 3 is 2.48 bits per heavy atom. The second-order valence-electron chi connectivity index (χ2n) is 9.36. The molecule has 1 aliphatic heterocycles. The van der Waals surface area contributed by atoms with Crippen molar-refractivity contribution in [1.82, 2.24) is 24.8 Å². The number of alkyl halides is 3. The van der Waals surface area contributed by atoms with Gasteiger partial charge in [-0.3, -0.25) is 4.79 Å². The van der Waals surface area contributed by atoms with E-state index in [0.717, 1.165) is 18.5 Å². The van der Waals surface area contributed by atoms with Crippen LogP contribution in [0.1, 0.15) is 47.7 Å². The predicted molar refractivity (Wildman–Crippen MR) is 136 cm³/mol. The number of carbonyl (C=O) groups excluding carboxylic acids is 1. The normalized spacial score (nSPS) is 15.3. The van der Waals surface area contributed by atoms with E-state index in [0.29, 0.717) is 42.8 Å². The van der Waals surface area contributed by atoms with E-state index in [9.17, 15) is 22.4 Å². The van der Waals surface area contributed by atoms with Gasteiger partial charge in [-0.05, 0) is 44.0 Å². The predicted octanol–water partition coefficient (Wildman–Crippen LogP) is 4.58. The van der Waals surface area contributed by atoms with Crippen molar-refractivity contribution in [2.24, 2.45) is 5.73 Å². The number of fused-ring (bicyclic) bond motifs is 1. The highest BCUT2D eigenvalue weighted by atomic mass is 19.4. The van der Waals surface area contributed by atoms with Crippen molar-refractivity contribution >= 4 is 22.8 Å². The maximum absolute atomic E-state index is 13.5. The standard InChI is InChI=1S/C26H25F4N7O3/c1-13(31)22-21(24(38)37-9-7-15(8-10-37)34-25-32-11-14(27)12-33-25)36-23(40-22)17-3-5-18(39-2)20-16(17)4-6-19(35-20)26(28,29)30/h3-6,11-13,15H,7-10,31H2,1-2H3,(H,32,33,34)/t13-/m0/s1. The van der Waals surface area contributed by atoms with Gasteiger partial charge < -0.3 is 25.1 Å². The number of oxazole rings is 1. The summed E-state index contributed by atoms with van der Waals surface area (Å²) in [4.78, 5) is 31.1. The molecule has 1 amide bonds. The van der Waals surface area contributed by atoms with Crippen molar-refractivity contribution in [2.45, 2.75) is 38.0 Å². The zero-order valence-corrected chi connectivity index (χ0v) is 21.5. The molecule has 1 saturated heterocycles. The molecule has 0 radical (unpaired) electrons. The molecule has 1 fully saturated rings. The fraction of sp³-hybridized carbons (Fsp3) is 0.346. The van der Waals surface area contributed by atoms with E-state index < -0.39 is 23.7 Å². The molecule has 10 nitrogen and oxygen atoms in total. The van der Waals surface area contributed by atoms with Crippen LogP contribution in [0.2, 0.25) is 0 Å². The minimum Gasteiger partial charge on any atom is -0.494 e. The molecule has 4 heterocycles. The molecule has 1 aliphatic rings.